The van der Waals surface area contributed by atoms with Crippen LogP contribution in [0.5, 0.6) is 0 Å². The zero-order chi connectivity index (χ0) is 27.0. The zero-order valence-corrected chi connectivity index (χ0v) is 22.2. The molecule has 9 nitrogen and oxygen atoms in total. The molecule has 0 aliphatic rings. The van der Waals surface area contributed by atoms with Crippen molar-refractivity contribution in [3.8, 4) is 0 Å². The van der Waals surface area contributed by atoms with Crippen molar-refractivity contribution in [2.24, 2.45) is 5.92 Å². The van der Waals surface area contributed by atoms with Crippen LogP contribution in [0.25, 0.3) is 0 Å². The molecule has 0 spiro atoms. The van der Waals surface area contributed by atoms with E-state index in [1.165, 1.54) is 11.8 Å². The Kier molecular flexibility index (Phi) is 13.1. The summed E-state index contributed by atoms with van der Waals surface area (Å²) in [6.45, 7) is 5.19. The van der Waals surface area contributed by atoms with E-state index < -0.39 is 36.0 Å². The van der Waals surface area contributed by atoms with Gasteiger partial charge < -0.3 is 25.4 Å². The lowest BCUT2D eigenvalue weighted by Crippen LogP contribution is -2.56. The molecule has 0 saturated carbocycles. The summed E-state index contributed by atoms with van der Waals surface area (Å²) in [7, 11) is 0. The smallest absolute Gasteiger partial charge is 0.408 e. The highest BCUT2D eigenvalue weighted by Gasteiger charge is 2.29. The minimum Gasteiger partial charge on any atom is -0.465 e. The first-order chi connectivity index (χ1) is 17.8. The van der Waals surface area contributed by atoms with E-state index in [2.05, 4.69) is 16.0 Å². The Morgan fingerprint density at radius 1 is 0.838 bits per heavy atom. The van der Waals surface area contributed by atoms with Gasteiger partial charge in [-0.1, -0.05) is 74.5 Å². The molecule has 0 aliphatic heterocycles. The Morgan fingerprint density at radius 3 is 2.05 bits per heavy atom. The number of nitrogens with one attached hydrogen (secondary N) is 3. The van der Waals surface area contributed by atoms with Crippen LogP contribution < -0.4 is 16.0 Å². The van der Waals surface area contributed by atoms with E-state index in [0.29, 0.717) is 5.75 Å². The van der Waals surface area contributed by atoms with Gasteiger partial charge in [0.1, 0.15) is 25.2 Å². The molecule has 0 aliphatic carbocycles. The minimum absolute atomic E-state index is 0.0636. The predicted octanol–water partition coefficient (Wildman–Crippen LogP) is 3.03. The van der Waals surface area contributed by atoms with E-state index >= 15 is 0 Å². The maximum atomic E-state index is 13.1. The third-order valence-electron chi connectivity index (χ3n) is 5.18. The number of amides is 3. The first-order valence-electron chi connectivity index (χ1n) is 12.1. The molecule has 0 bridgehead atoms. The molecule has 3 N–H and O–H groups in total. The third kappa shape index (κ3) is 11.4. The molecule has 0 saturated heterocycles. The fourth-order valence-electron chi connectivity index (χ4n) is 3.23. The van der Waals surface area contributed by atoms with Crippen molar-refractivity contribution in [1.82, 2.24) is 16.0 Å². The van der Waals surface area contributed by atoms with Gasteiger partial charge in [-0.2, -0.15) is 11.8 Å². The second-order valence-electron chi connectivity index (χ2n) is 8.51. The Labute approximate surface area is 222 Å². The number of rotatable bonds is 14. The molecule has 2 aromatic rings. The van der Waals surface area contributed by atoms with E-state index in [-0.39, 0.29) is 31.4 Å². The van der Waals surface area contributed by atoms with Crippen molar-refractivity contribution >= 4 is 35.6 Å². The van der Waals surface area contributed by atoms with Crippen LogP contribution in [0.4, 0.5) is 4.79 Å². The Bertz CT molecular complexity index is 1000. The molecule has 10 heteroatoms. The van der Waals surface area contributed by atoms with Crippen molar-refractivity contribution in [2.45, 2.75) is 45.2 Å². The van der Waals surface area contributed by atoms with Crippen LogP contribution in [0.15, 0.2) is 60.7 Å². The summed E-state index contributed by atoms with van der Waals surface area (Å²) in [5.74, 6) is -0.987. The Balaban J connectivity index is 2.00. The monoisotopic (exact) mass is 529 g/mol. The molecular weight excluding hydrogens is 494 g/mol. The highest BCUT2D eigenvalue weighted by atomic mass is 32.2. The number of thioether (sulfide) groups is 1. The first kappa shape index (κ1) is 29.7. The molecular formula is C27H35N3O6S. The van der Waals surface area contributed by atoms with E-state index in [4.69, 9.17) is 9.47 Å². The summed E-state index contributed by atoms with van der Waals surface area (Å²) in [6, 6.07) is 17.1. The van der Waals surface area contributed by atoms with E-state index in [1.807, 2.05) is 60.7 Å². The van der Waals surface area contributed by atoms with Gasteiger partial charge in [-0.3, -0.25) is 14.4 Å². The van der Waals surface area contributed by atoms with Gasteiger partial charge in [0.05, 0.1) is 6.61 Å². The van der Waals surface area contributed by atoms with Crippen molar-refractivity contribution in [1.29, 1.82) is 0 Å². The molecule has 2 aromatic carbocycles. The number of hydrogen-bond acceptors (Lipinski definition) is 7. The lowest BCUT2D eigenvalue weighted by atomic mass is 10.0. The molecule has 0 unspecified atom stereocenters. The summed E-state index contributed by atoms with van der Waals surface area (Å²) in [5.41, 5.74) is 1.89. The molecule has 2 rings (SSSR count). The maximum Gasteiger partial charge on any atom is 0.408 e. The van der Waals surface area contributed by atoms with Crippen LogP contribution in [0.1, 0.15) is 31.9 Å². The van der Waals surface area contributed by atoms with Gasteiger partial charge in [-0.15, -0.1) is 0 Å². The van der Waals surface area contributed by atoms with Gasteiger partial charge in [-0.05, 0) is 24.0 Å². The van der Waals surface area contributed by atoms with E-state index in [0.717, 1.165) is 11.1 Å². The van der Waals surface area contributed by atoms with Gasteiger partial charge in [-0.25, -0.2) is 4.79 Å². The van der Waals surface area contributed by atoms with E-state index in [9.17, 15) is 19.2 Å². The molecule has 37 heavy (non-hydrogen) atoms. The lowest BCUT2D eigenvalue weighted by Gasteiger charge is -2.25. The van der Waals surface area contributed by atoms with Crippen molar-refractivity contribution in [2.75, 3.05) is 18.9 Å². The number of alkyl carbamates (subject to hydrolysis) is 1. The SMILES string of the molecule is CCOC(=O)CNC(=O)[C@H](CSCc1ccccc1)NC(=O)[C@@H](NC(=O)OCc1ccccc1)C(C)C. The first-order valence-corrected chi connectivity index (χ1v) is 13.3. The number of benzene rings is 2. The zero-order valence-electron chi connectivity index (χ0n) is 21.4. The van der Waals surface area contributed by atoms with Gasteiger partial charge in [0, 0.05) is 11.5 Å². The fraction of sp³-hybridized carbons (Fsp3) is 0.407. The Hall–Kier alpha value is -3.53. The van der Waals surface area contributed by atoms with Gasteiger partial charge in [0.25, 0.3) is 0 Å². The third-order valence-corrected chi connectivity index (χ3v) is 6.28. The predicted molar refractivity (Wildman–Crippen MR) is 143 cm³/mol. The van der Waals surface area contributed by atoms with Crippen LogP contribution in [0.2, 0.25) is 0 Å². The molecule has 3 amide bonds. The minimum atomic E-state index is -0.931. The maximum absolute atomic E-state index is 13.1. The molecule has 0 heterocycles. The van der Waals surface area contributed by atoms with Crippen LogP contribution in [-0.2, 0) is 36.2 Å². The average molecular weight is 530 g/mol. The summed E-state index contributed by atoms with van der Waals surface area (Å²) in [6.07, 6.45) is -0.737. The molecule has 0 fully saturated rings. The summed E-state index contributed by atoms with van der Waals surface area (Å²) >= 11 is 1.47. The lowest BCUT2D eigenvalue weighted by molar-refractivity contribution is -0.143. The van der Waals surface area contributed by atoms with Crippen molar-refractivity contribution in [3.05, 3.63) is 71.8 Å². The van der Waals surface area contributed by atoms with Gasteiger partial charge in [0.15, 0.2) is 0 Å². The average Bonchev–Trinajstić information content (AvgIpc) is 2.89. The quantitative estimate of drug-likeness (QED) is 0.322. The second kappa shape index (κ2) is 16.3. The number of hydrogen-bond donors (Lipinski definition) is 3. The Morgan fingerprint density at radius 2 is 1.46 bits per heavy atom. The number of ether oxygens (including phenoxy) is 2. The fourth-order valence-corrected chi connectivity index (χ4v) is 4.25. The number of carbonyl (C=O) groups excluding carboxylic acids is 4. The van der Waals surface area contributed by atoms with Gasteiger partial charge >= 0.3 is 12.1 Å². The topological polar surface area (TPSA) is 123 Å². The molecule has 200 valence electrons. The van der Waals surface area contributed by atoms with Gasteiger partial charge in [0.2, 0.25) is 11.8 Å². The van der Waals surface area contributed by atoms with Crippen molar-refractivity contribution < 1.29 is 28.7 Å². The molecule has 0 radical (unpaired) electrons. The molecule has 0 aromatic heterocycles. The van der Waals surface area contributed by atoms with Crippen LogP contribution in [0.3, 0.4) is 0 Å². The van der Waals surface area contributed by atoms with E-state index in [1.54, 1.807) is 20.8 Å². The second-order valence-corrected chi connectivity index (χ2v) is 9.54. The number of carbonyl (C=O) groups is 4. The van der Waals surface area contributed by atoms with Crippen LogP contribution >= 0.6 is 11.8 Å². The van der Waals surface area contributed by atoms with Crippen molar-refractivity contribution in [3.63, 3.8) is 0 Å². The number of esters is 1. The highest BCUT2D eigenvalue weighted by molar-refractivity contribution is 7.98. The molecule has 2 atom stereocenters. The summed E-state index contributed by atoms with van der Waals surface area (Å²) in [5, 5.41) is 7.83. The normalized spacial score (nSPS) is 12.2. The van der Waals surface area contributed by atoms with Crippen LogP contribution in [0, 0.1) is 5.92 Å². The standard InChI is InChI=1S/C27H35N3O6S/c1-4-35-23(31)15-28-25(32)22(18-37-17-21-13-9-6-10-14-21)29-26(33)24(19(2)3)30-27(34)36-16-20-11-7-5-8-12-20/h5-14,19,22,24H,4,15-18H2,1-3H3,(H,28,32)(H,29,33)(H,30,34)/t22-,24-/m0/s1. The summed E-state index contributed by atoms with van der Waals surface area (Å²) < 4.78 is 10.1. The summed E-state index contributed by atoms with van der Waals surface area (Å²) in [4.78, 5) is 50.0. The largest absolute Gasteiger partial charge is 0.465 e. The van der Waals surface area contributed by atoms with Crippen LogP contribution in [-0.4, -0.2) is 54.9 Å². The highest BCUT2D eigenvalue weighted by Crippen LogP contribution is 2.14.